The van der Waals surface area contributed by atoms with Gasteiger partial charge in [-0.2, -0.15) is 0 Å². The molecule has 1 aromatic rings. The molecule has 0 atom stereocenters. The largest absolute Gasteiger partial charge is 0.395 e. The number of benzene rings is 1. The molecule has 0 heterocycles. The van der Waals surface area contributed by atoms with Gasteiger partial charge >= 0.3 is 6.03 Å². The summed E-state index contributed by atoms with van der Waals surface area (Å²) in [5.74, 6) is 0. The molecule has 1 aliphatic carbocycles. The van der Waals surface area contributed by atoms with Gasteiger partial charge in [-0.25, -0.2) is 4.79 Å². The molecule has 0 saturated heterocycles. The third kappa shape index (κ3) is 2.82. The Balaban J connectivity index is 1.89. The Kier molecular flexibility index (Phi) is 3.87. The van der Waals surface area contributed by atoms with Gasteiger partial charge in [-0.15, -0.1) is 0 Å². The third-order valence-electron chi connectivity index (χ3n) is 3.60. The zero-order valence-electron chi connectivity index (χ0n) is 10.7. The van der Waals surface area contributed by atoms with Crippen LogP contribution in [-0.4, -0.2) is 42.8 Å². The molecule has 4 heteroatoms. The van der Waals surface area contributed by atoms with Gasteiger partial charge in [-0.1, -0.05) is 30.3 Å². The Bertz CT molecular complexity index is 402. The van der Waals surface area contributed by atoms with Crippen LogP contribution in [0.2, 0.25) is 0 Å². The highest BCUT2D eigenvalue weighted by atomic mass is 16.3. The molecule has 0 aromatic heterocycles. The van der Waals surface area contributed by atoms with E-state index >= 15 is 0 Å². The maximum Gasteiger partial charge on any atom is 0.317 e. The van der Waals surface area contributed by atoms with Crippen molar-refractivity contribution in [3.63, 3.8) is 0 Å². The maximum atomic E-state index is 11.7. The lowest BCUT2D eigenvalue weighted by Crippen LogP contribution is -2.42. The van der Waals surface area contributed by atoms with Crippen molar-refractivity contribution < 1.29 is 9.90 Å². The standard InChI is InChI=1S/C14H20N2O2/c1-16(9-10-17)13(18)15-11-14(7-8-14)12-5-3-2-4-6-12/h2-6,17H,7-11H2,1H3,(H,15,18). The minimum Gasteiger partial charge on any atom is -0.395 e. The molecule has 1 fully saturated rings. The second-order valence-corrected chi connectivity index (χ2v) is 4.95. The third-order valence-corrected chi connectivity index (χ3v) is 3.60. The summed E-state index contributed by atoms with van der Waals surface area (Å²) in [6.07, 6.45) is 2.25. The summed E-state index contributed by atoms with van der Waals surface area (Å²) < 4.78 is 0. The van der Waals surface area contributed by atoms with Crippen molar-refractivity contribution in [3.05, 3.63) is 35.9 Å². The van der Waals surface area contributed by atoms with Crippen molar-refractivity contribution in [2.24, 2.45) is 0 Å². The van der Waals surface area contributed by atoms with Gasteiger partial charge in [0.05, 0.1) is 6.61 Å². The number of nitrogens with zero attached hydrogens (tertiary/aromatic N) is 1. The molecule has 98 valence electrons. The molecule has 4 nitrogen and oxygen atoms in total. The number of rotatable bonds is 5. The Morgan fingerprint density at radius 3 is 2.61 bits per heavy atom. The lowest BCUT2D eigenvalue weighted by molar-refractivity contribution is 0.189. The number of aliphatic hydroxyl groups is 1. The Morgan fingerprint density at radius 2 is 2.06 bits per heavy atom. The summed E-state index contributed by atoms with van der Waals surface area (Å²) >= 11 is 0. The summed E-state index contributed by atoms with van der Waals surface area (Å²) in [5, 5.41) is 11.7. The van der Waals surface area contributed by atoms with Crippen LogP contribution in [0.3, 0.4) is 0 Å². The van der Waals surface area contributed by atoms with E-state index in [-0.39, 0.29) is 18.1 Å². The first-order chi connectivity index (χ1) is 8.68. The van der Waals surface area contributed by atoms with E-state index in [4.69, 9.17) is 5.11 Å². The molecule has 0 spiro atoms. The van der Waals surface area contributed by atoms with Gasteiger partial charge in [0.15, 0.2) is 0 Å². The van der Waals surface area contributed by atoms with Crippen LogP contribution in [0.1, 0.15) is 18.4 Å². The number of hydrogen-bond acceptors (Lipinski definition) is 2. The number of amides is 2. The molecule has 2 amide bonds. The SMILES string of the molecule is CN(CCO)C(=O)NCC1(c2ccccc2)CC1. The molecular formula is C14H20N2O2. The van der Waals surface area contributed by atoms with Gasteiger partial charge in [-0.05, 0) is 18.4 Å². The maximum absolute atomic E-state index is 11.7. The van der Waals surface area contributed by atoms with Crippen LogP contribution in [0.5, 0.6) is 0 Å². The predicted octanol–water partition coefficient (Wildman–Crippen LogP) is 1.35. The molecule has 1 aliphatic rings. The van der Waals surface area contributed by atoms with Crippen LogP contribution in [0, 0.1) is 0 Å². The summed E-state index contributed by atoms with van der Waals surface area (Å²) in [6.45, 7) is 1.03. The number of hydrogen-bond donors (Lipinski definition) is 2. The normalized spacial score (nSPS) is 16.1. The Hall–Kier alpha value is -1.55. The number of urea groups is 1. The first kappa shape index (κ1) is 12.9. The fourth-order valence-corrected chi connectivity index (χ4v) is 2.14. The van der Waals surface area contributed by atoms with E-state index in [0.717, 1.165) is 12.8 Å². The minimum absolute atomic E-state index is 0.00620. The predicted molar refractivity (Wildman–Crippen MR) is 70.5 cm³/mol. The minimum atomic E-state index is -0.119. The van der Waals surface area contributed by atoms with Crippen LogP contribution in [0.4, 0.5) is 4.79 Å². The molecule has 2 N–H and O–H groups in total. The van der Waals surface area contributed by atoms with Gasteiger partial charge in [0.1, 0.15) is 0 Å². The summed E-state index contributed by atoms with van der Waals surface area (Å²) in [4.78, 5) is 13.2. The summed E-state index contributed by atoms with van der Waals surface area (Å²) in [7, 11) is 1.69. The van der Waals surface area contributed by atoms with Gasteiger partial charge in [0, 0.05) is 25.6 Å². The van der Waals surface area contributed by atoms with Gasteiger partial charge in [0.2, 0.25) is 0 Å². The fourth-order valence-electron chi connectivity index (χ4n) is 2.14. The number of likely N-dealkylation sites (N-methyl/N-ethyl adjacent to an activating group) is 1. The quantitative estimate of drug-likeness (QED) is 0.826. The lowest BCUT2D eigenvalue weighted by Gasteiger charge is -2.20. The Morgan fingerprint density at radius 1 is 1.39 bits per heavy atom. The number of carbonyl (C=O) groups is 1. The average Bonchev–Trinajstić information content (AvgIpc) is 3.18. The number of aliphatic hydroxyl groups excluding tert-OH is 1. The van der Waals surface area contributed by atoms with Crippen molar-refractivity contribution in [1.29, 1.82) is 0 Å². The second kappa shape index (κ2) is 5.40. The highest BCUT2D eigenvalue weighted by molar-refractivity contribution is 5.74. The smallest absolute Gasteiger partial charge is 0.317 e. The van der Waals surface area contributed by atoms with Crippen LogP contribution < -0.4 is 5.32 Å². The fraction of sp³-hybridized carbons (Fsp3) is 0.500. The molecule has 0 bridgehead atoms. The van der Waals surface area contributed by atoms with E-state index in [0.29, 0.717) is 13.1 Å². The van der Waals surface area contributed by atoms with Crippen LogP contribution >= 0.6 is 0 Å². The summed E-state index contributed by atoms with van der Waals surface area (Å²) in [5.41, 5.74) is 1.44. The van der Waals surface area contributed by atoms with Crippen LogP contribution in [-0.2, 0) is 5.41 Å². The van der Waals surface area contributed by atoms with E-state index in [1.807, 2.05) is 18.2 Å². The number of carbonyl (C=O) groups excluding carboxylic acids is 1. The van der Waals surface area contributed by atoms with Crippen LogP contribution in [0.25, 0.3) is 0 Å². The first-order valence-corrected chi connectivity index (χ1v) is 6.33. The van der Waals surface area contributed by atoms with Gasteiger partial charge in [0.25, 0.3) is 0 Å². The van der Waals surface area contributed by atoms with Crippen molar-refractivity contribution in [3.8, 4) is 0 Å². The molecule has 2 rings (SSSR count). The molecule has 18 heavy (non-hydrogen) atoms. The van der Waals surface area contributed by atoms with Crippen molar-refractivity contribution in [2.45, 2.75) is 18.3 Å². The Labute approximate surface area is 108 Å². The molecule has 0 unspecified atom stereocenters. The van der Waals surface area contributed by atoms with E-state index < -0.39 is 0 Å². The molecule has 0 aliphatic heterocycles. The van der Waals surface area contributed by atoms with E-state index in [9.17, 15) is 4.79 Å². The first-order valence-electron chi connectivity index (χ1n) is 6.33. The van der Waals surface area contributed by atoms with Gasteiger partial charge in [-0.3, -0.25) is 0 Å². The highest BCUT2D eigenvalue weighted by Gasteiger charge is 2.44. The second-order valence-electron chi connectivity index (χ2n) is 4.95. The van der Waals surface area contributed by atoms with Crippen molar-refractivity contribution in [2.75, 3.05) is 26.7 Å². The molecule has 1 saturated carbocycles. The molecule has 0 radical (unpaired) electrons. The van der Waals surface area contributed by atoms with Crippen LogP contribution in [0.15, 0.2) is 30.3 Å². The zero-order valence-corrected chi connectivity index (χ0v) is 10.7. The van der Waals surface area contributed by atoms with E-state index in [1.165, 1.54) is 10.5 Å². The lowest BCUT2D eigenvalue weighted by atomic mass is 9.96. The highest BCUT2D eigenvalue weighted by Crippen LogP contribution is 2.47. The van der Waals surface area contributed by atoms with Crippen molar-refractivity contribution >= 4 is 6.03 Å². The summed E-state index contributed by atoms with van der Waals surface area (Å²) in [6, 6.07) is 10.2. The molecular weight excluding hydrogens is 228 g/mol. The van der Waals surface area contributed by atoms with E-state index in [2.05, 4.69) is 17.4 Å². The zero-order chi connectivity index (χ0) is 13.0. The van der Waals surface area contributed by atoms with Crippen molar-refractivity contribution in [1.82, 2.24) is 10.2 Å². The average molecular weight is 248 g/mol. The monoisotopic (exact) mass is 248 g/mol. The number of nitrogens with one attached hydrogen (secondary N) is 1. The van der Waals surface area contributed by atoms with Gasteiger partial charge < -0.3 is 15.3 Å². The van der Waals surface area contributed by atoms with E-state index in [1.54, 1.807) is 7.05 Å². The topological polar surface area (TPSA) is 52.6 Å². The molecule has 1 aromatic carbocycles.